The van der Waals surface area contributed by atoms with Crippen molar-refractivity contribution in [2.45, 2.75) is 40.4 Å². The highest BCUT2D eigenvalue weighted by Gasteiger charge is 2.61. The van der Waals surface area contributed by atoms with Gasteiger partial charge < -0.3 is 14.8 Å². The predicted octanol–water partition coefficient (Wildman–Crippen LogP) is 5.71. The van der Waals surface area contributed by atoms with Crippen LogP contribution in [-0.4, -0.2) is 19.6 Å². The molecule has 1 aromatic rings. The first-order chi connectivity index (χ1) is 13.6. The van der Waals surface area contributed by atoms with E-state index in [1.54, 1.807) is 6.08 Å². The predicted molar refractivity (Wildman–Crippen MR) is 106 cm³/mol. The average Bonchev–Trinajstić information content (AvgIpc) is 3.18. The Morgan fingerprint density at radius 1 is 1.14 bits per heavy atom. The van der Waals surface area contributed by atoms with Gasteiger partial charge in [-0.1, -0.05) is 44.0 Å². The summed E-state index contributed by atoms with van der Waals surface area (Å²) in [4.78, 5) is 12.5. The Kier molecular flexibility index (Phi) is 7.87. The Morgan fingerprint density at radius 2 is 1.76 bits per heavy atom. The third kappa shape index (κ3) is 5.01. The fourth-order valence-electron chi connectivity index (χ4n) is 3.40. The van der Waals surface area contributed by atoms with Crippen molar-refractivity contribution in [1.82, 2.24) is 0 Å². The Morgan fingerprint density at radius 3 is 2.31 bits per heavy atom. The summed E-state index contributed by atoms with van der Waals surface area (Å²) in [6.07, 6.45) is 2.17. The van der Waals surface area contributed by atoms with Crippen molar-refractivity contribution in [3.63, 3.8) is 0 Å². The van der Waals surface area contributed by atoms with Crippen molar-refractivity contribution in [2.75, 3.05) is 19.0 Å². The van der Waals surface area contributed by atoms with Crippen molar-refractivity contribution in [1.29, 1.82) is 0 Å². The van der Waals surface area contributed by atoms with Gasteiger partial charge in [0.15, 0.2) is 17.5 Å². The van der Waals surface area contributed by atoms with E-state index in [-0.39, 0.29) is 21.7 Å². The van der Waals surface area contributed by atoms with E-state index >= 15 is 0 Å². The van der Waals surface area contributed by atoms with Gasteiger partial charge in [-0.3, -0.25) is 4.79 Å². The first-order valence-corrected chi connectivity index (χ1v) is 9.93. The minimum Gasteiger partial charge on any atom is -0.460 e. The molecule has 29 heavy (non-hydrogen) atoms. The first-order valence-electron chi connectivity index (χ1n) is 9.18. The molecular formula is C20H24Cl2F3NO3. The molecular weight excluding hydrogens is 430 g/mol. The molecule has 4 nitrogen and oxygen atoms in total. The van der Waals surface area contributed by atoms with E-state index in [9.17, 15) is 18.0 Å². The van der Waals surface area contributed by atoms with Crippen LogP contribution < -0.4 is 5.32 Å². The molecule has 2 rings (SSSR count). The summed E-state index contributed by atoms with van der Waals surface area (Å²) in [5.41, 5.74) is -1.58. The zero-order valence-electron chi connectivity index (χ0n) is 16.7. The number of esters is 1. The van der Waals surface area contributed by atoms with Gasteiger partial charge in [-0.15, -0.1) is 0 Å². The van der Waals surface area contributed by atoms with Crippen LogP contribution in [0.3, 0.4) is 0 Å². The summed E-state index contributed by atoms with van der Waals surface area (Å²) in [5.74, 6) is -4.99. The number of benzene rings is 1. The molecule has 0 aromatic heterocycles. The maximum Gasteiger partial charge on any atom is 0.310 e. The Labute approximate surface area is 178 Å². The number of carbonyl (C=O) groups excluding carboxylic acids is 1. The Bertz CT molecular complexity index is 811. The highest BCUT2D eigenvalue weighted by molar-refractivity contribution is 6.55. The number of methoxy groups -OCH3 is 1. The van der Waals surface area contributed by atoms with Gasteiger partial charge in [0, 0.05) is 13.7 Å². The third-order valence-electron chi connectivity index (χ3n) is 5.18. The SMILES string of the molecule is CCCNc1c(F)c(COC)c(F)c(F)c1COC(=O)[C@H]1[C@H](C=C(Cl)Cl)C1(C)C. The van der Waals surface area contributed by atoms with E-state index in [1.807, 2.05) is 20.8 Å². The van der Waals surface area contributed by atoms with Crippen LogP contribution in [0, 0.1) is 34.7 Å². The number of anilines is 1. The van der Waals surface area contributed by atoms with E-state index in [1.165, 1.54) is 7.11 Å². The number of hydrogen-bond donors (Lipinski definition) is 1. The third-order valence-corrected chi connectivity index (χ3v) is 5.43. The van der Waals surface area contributed by atoms with E-state index in [2.05, 4.69) is 5.32 Å². The van der Waals surface area contributed by atoms with Crippen molar-refractivity contribution in [2.24, 2.45) is 17.3 Å². The van der Waals surface area contributed by atoms with Gasteiger partial charge in [0.1, 0.15) is 11.1 Å². The monoisotopic (exact) mass is 453 g/mol. The molecule has 0 heterocycles. The van der Waals surface area contributed by atoms with E-state index in [4.69, 9.17) is 32.7 Å². The molecule has 0 bridgehead atoms. The minimum absolute atomic E-state index is 0.0355. The van der Waals surface area contributed by atoms with Crippen molar-refractivity contribution in [3.8, 4) is 0 Å². The summed E-state index contributed by atoms with van der Waals surface area (Å²) in [6, 6.07) is 0. The molecule has 1 saturated carbocycles. The second kappa shape index (κ2) is 9.58. The minimum atomic E-state index is -1.36. The maximum atomic E-state index is 14.8. The molecule has 1 N–H and O–H groups in total. The molecule has 1 aromatic carbocycles. The van der Waals surface area contributed by atoms with Crippen molar-refractivity contribution in [3.05, 3.63) is 39.1 Å². The topological polar surface area (TPSA) is 47.6 Å². The quantitative estimate of drug-likeness (QED) is 0.384. The molecule has 162 valence electrons. The van der Waals surface area contributed by atoms with Crippen LogP contribution in [0.4, 0.5) is 18.9 Å². The van der Waals surface area contributed by atoms with Crippen LogP contribution in [0.15, 0.2) is 10.6 Å². The first kappa shape index (κ1) is 23.8. The highest BCUT2D eigenvalue weighted by Crippen LogP contribution is 2.60. The molecule has 0 saturated heterocycles. The van der Waals surface area contributed by atoms with Gasteiger partial charge in [-0.2, -0.15) is 0 Å². The molecule has 0 spiro atoms. The number of carbonyl (C=O) groups is 1. The van der Waals surface area contributed by atoms with Crippen LogP contribution in [0.2, 0.25) is 0 Å². The van der Waals surface area contributed by atoms with Gasteiger partial charge in [0.05, 0.1) is 29.3 Å². The van der Waals surface area contributed by atoms with E-state index < -0.39 is 53.5 Å². The lowest BCUT2D eigenvalue weighted by Crippen LogP contribution is -2.16. The fraction of sp³-hybridized carbons (Fsp3) is 0.550. The standard InChI is InChI=1S/C20H24Cl2F3NO3/c1-5-6-26-18-11(16(24)15(23)10(8-28-4)17(18)25)9-29-19(27)14-12(7-13(21)22)20(14,2)3/h7,12,14,26H,5-6,8-9H2,1-4H3/t12-,14+/m0/s1. The molecule has 1 fully saturated rings. The summed E-state index contributed by atoms with van der Waals surface area (Å²) in [6.45, 7) is 4.79. The molecule has 1 aliphatic rings. The van der Waals surface area contributed by atoms with Gasteiger partial charge in [0.2, 0.25) is 0 Å². The van der Waals surface area contributed by atoms with E-state index in [0.29, 0.717) is 13.0 Å². The zero-order chi connectivity index (χ0) is 21.9. The number of allylic oxidation sites excluding steroid dienone is 1. The Balaban J connectivity index is 2.28. The average molecular weight is 454 g/mol. The van der Waals surface area contributed by atoms with Crippen LogP contribution in [-0.2, 0) is 27.5 Å². The lowest BCUT2D eigenvalue weighted by Gasteiger charge is -2.17. The van der Waals surface area contributed by atoms with Crippen LogP contribution in [0.5, 0.6) is 0 Å². The van der Waals surface area contributed by atoms with Crippen LogP contribution in [0.25, 0.3) is 0 Å². The van der Waals surface area contributed by atoms with Crippen molar-refractivity contribution >= 4 is 34.9 Å². The van der Waals surface area contributed by atoms with Crippen LogP contribution >= 0.6 is 23.2 Å². The number of hydrogen-bond acceptors (Lipinski definition) is 4. The van der Waals surface area contributed by atoms with E-state index in [0.717, 1.165) is 0 Å². The van der Waals surface area contributed by atoms with Gasteiger partial charge in [0.25, 0.3) is 0 Å². The molecule has 2 atom stereocenters. The van der Waals surface area contributed by atoms with Crippen LogP contribution in [0.1, 0.15) is 38.3 Å². The zero-order valence-corrected chi connectivity index (χ0v) is 18.2. The largest absolute Gasteiger partial charge is 0.460 e. The lowest BCUT2D eigenvalue weighted by atomic mass is 10.1. The van der Waals surface area contributed by atoms with Crippen molar-refractivity contribution < 1.29 is 27.4 Å². The molecule has 0 amide bonds. The van der Waals surface area contributed by atoms with Gasteiger partial charge in [-0.25, -0.2) is 13.2 Å². The molecule has 0 aliphatic heterocycles. The Hall–Kier alpha value is -1.44. The summed E-state index contributed by atoms with van der Waals surface area (Å²) in [7, 11) is 1.25. The number of halogens is 5. The molecule has 1 aliphatic carbocycles. The lowest BCUT2D eigenvalue weighted by molar-refractivity contribution is -0.147. The summed E-state index contributed by atoms with van der Waals surface area (Å²) in [5, 5.41) is 2.74. The maximum absolute atomic E-state index is 14.8. The molecule has 0 radical (unpaired) electrons. The molecule has 9 heteroatoms. The fourth-order valence-corrected chi connectivity index (χ4v) is 3.67. The highest BCUT2D eigenvalue weighted by atomic mass is 35.5. The number of rotatable bonds is 9. The number of nitrogens with one attached hydrogen (secondary N) is 1. The smallest absolute Gasteiger partial charge is 0.310 e. The number of ether oxygens (including phenoxy) is 2. The second-order valence-electron chi connectivity index (χ2n) is 7.52. The molecule has 0 unspecified atom stereocenters. The normalized spacial score (nSPS) is 19.6. The van der Waals surface area contributed by atoms with Gasteiger partial charge in [-0.05, 0) is 23.8 Å². The summed E-state index contributed by atoms with van der Waals surface area (Å²) < 4.78 is 53.8. The second-order valence-corrected chi connectivity index (χ2v) is 8.53. The summed E-state index contributed by atoms with van der Waals surface area (Å²) >= 11 is 11.3. The van der Waals surface area contributed by atoms with Gasteiger partial charge >= 0.3 is 5.97 Å².